The van der Waals surface area contributed by atoms with Gasteiger partial charge in [0.2, 0.25) is 0 Å². The van der Waals surface area contributed by atoms with Crippen molar-refractivity contribution in [1.82, 2.24) is 4.98 Å². The van der Waals surface area contributed by atoms with Gasteiger partial charge < -0.3 is 10.4 Å². The number of aryl methyl sites for hydroxylation is 2. The highest BCUT2D eigenvalue weighted by Gasteiger charge is 2.27. The van der Waals surface area contributed by atoms with Crippen molar-refractivity contribution in [2.45, 2.75) is 38.1 Å². The van der Waals surface area contributed by atoms with Crippen LogP contribution in [0.15, 0.2) is 6.07 Å². The van der Waals surface area contributed by atoms with Crippen LogP contribution >= 0.6 is 0 Å². The van der Waals surface area contributed by atoms with Crippen molar-refractivity contribution < 1.29 is 18.3 Å². The molecule has 0 radical (unpaired) electrons. The molecule has 3 rings (SSSR count). The van der Waals surface area contributed by atoms with E-state index in [-0.39, 0.29) is 23.1 Å². The van der Waals surface area contributed by atoms with Crippen LogP contribution in [0, 0.1) is 0 Å². The summed E-state index contributed by atoms with van der Waals surface area (Å²) in [6, 6.07) is 1.42. The Hall–Kier alpha value is -1.63. The van der Waals surface area contributed by atoms with Gasteiger partial charge in [0.05, 0.1) is 11.5 Å². The predicted molar refractivity (Wildman–Crippen MR) is 78.5 cm³/mol. The van der Waals surface area contributed by atoms with E-state index >= 15 is 0 Å². The minimum Gasteiger partial charge on any atom is -0.478 e. The summed E-state index contributed by atoms with van der Waals surface area (Å²) in [5, 5.41) is 12.4. The van der Waals surface area contributed by atoms with E-state index < -0.39 is 15.8 Å². The van der Waals surface area contributed by atoms with E-state index in [1.807, 2.05) is 0 Å². The minimum atomic E-state index is -3.03. The lowest BCUT2D eigenvalue weighted by Crippen LogP contribution is -2.35. The number of carboxylic acid groups (broad SMARTS) is 1. The number of nitrogens with one attached hydrogen (secondary N) is 1. The highest BCUT2D eigenvalue weighted by atomic mass is 32.2. The van der Waals surface area contributed by atoms with Crippen molar-refractivity contribution in [3.05, 3.63) is 22.9 Å². The normalized spacial score (nSPS) is 23.5. The number of hydrogen-bond acceptors (Lipinski definition) is 5. The van der Waals surface area contributed by atoms with Crippen LogP contribution in [0.1, 0.15) is 40.9 Å². The molecule has 1 aromatic rings. The number of aromatic carboxylic acids is 1. The maximum absolute atomic E-state index is 11.7. The molecule has 1 aliphatic heterocycles. The van der Waals surface area contributed by atoms with Crippen LogP contribution in [0.2, 0.25) is 0 Å². The Labute approximate surface area is 123 Å². The number of anilines is 1. The zero-order valence-electron chi connectivity index (χ0n) is 11.6. The van der Waals surface area contributed by atoms with E-state index in [1.54, 1.807) is 6.07 Å². The van der Waals surface area contributed by atoms with Crippen LogP contribution in [0.4, 0.5) is 5.82 Å². The third-order valence-electron chi connectivity index (χ3n) is 4.09. The zero-order chi connectivity index (χ0) is 15.0. The van der Waals surface area contributed by atoms with Crippen LogP contribution in [0.5, 0.6) is 0 Å². The molecular weight excluding hydrogens is 292 g/mol. The summed E-state index contributed by atoms with van der Waals surface area (Å²) in [7, 11) is -3.03. The molecular formula is C14H18N2O4S. The van der Waals surface area contributed by atoms with Crippen molar-refractivity contribution in [2.24, 2.45) is 0 Å². The standard InChI is InChI=1S/C14H18N2O4S/c17-14(18)11-7-9-3-1-5-12(9)16-13(11)15-10-4-2-6-21(19,20)8-10/h7,10H,1-6,8H2,(H,15,16)(H,17,18). The SMILES string of the molecule is O=C(O)c1cc2c(nc1NC1CCCS(=O)(=O)C1)CCC2. The third kappa shape index (κ3) is 3.02. The zero-order valence-corrected chi connectivity index (χ0v) is 12.4. The van der Waals surface area contributed by atoms with E-state index in [0.29, 0.717) is 12.2 Å². The first-order chi connectivity index (χ1) is 9.94. The van der Waals surface area contributed by atoms with E-state index in [2.05, 4.69) is 10.3 Å². The lowest BCUT2D eigenvalue weighted by atomic mass is 10.1. The third-order valence-corrected chi connectivity index (χ3v) is 5.91. The molecule has 2 N–H and O–H groups in total. The summed E-state index contributed by atoms with van der Waals surface area (Å²) in [4.78, 5) is 15.8. The van der Waals surface area contributed by atoms with Crippen molar-refractivity contribution in [2.75, 3.05) is 16.8 Å². The van der Waals surface area contributed by atoms with E-state index in [1.165, 1.54) is 0 Å². The van der Waals surface area contributed by atoms with Gasteiger partial charge in [0.1, 0.15) is 11.4 Å². The fourth-order valence-corrected chi connectivity index (χ4v) is 4.71. The molecule has 2 heterocycles. The molecule has 1 aliphatic carbocycles. The summed E-state index contributed by atoms with van der Waals surface area (Å²) in [5.41, 5.74) is 2.06. The quantitative estimate of drug-likeness (QED) is 0.872. The number of hydrogen-bond donors (Lipinski definition) is 2. The number of carboxylic acids is 1. The first-order valence-corrected chi connectivity index (χ1v) is 9.00. The minimum absolute atomic E-state index is 0.0465. The fraction of sp³-hybridized carbons (Fsp3) is 0.571. The van der Waals surface area contributed by atoms with Gasteiger partial charge in [0, 0.05) is 11.7 Å². The monoisotopic (exact) mass is 310 g/mol. The number of fused-ring (bicyclic) bond motifs is 1. The van der Waals surface area contributed by atoms with Crippen molar-refractivity contribution >= 4 is 21.6 Å². The number of aromatic nitrogens is 1. The molecule has 1 aromatic heterocycles. The summed E-state index contributed by atoms with van der Waals surface area (Å²) < 4.78 is 23.4. The second-order valence-electron chi connectivity index (χ2n) is 5.75. The number of nitrogens with zero attached hydrogens (tertiary/aromatic N) is 1. The molecule has 114 valence electrons. The van der Waals surface area contributed by atoms with Gasteiger partial charge >= 0.3 is 5.97 Å². The van der Waals surface area contributed by atoms with Crippen LogP contribution in [0.25, 0.3) is 0 Å². The molecule has 0 spiro atoms. The summed E-state index contributed by atoms with van der Waals surface area (Å²) in [6.07, 6.45) is 4.03. The molecule has 0 aromatic carbocycles. The molecule has 1 atom stereocenters. The molecule has 1 fully saturated rings. The van der Waals surface area contributed by atoms with Gasteiger partial charge in [-0.3, -0.25) is 0 Å². The Bertz CT molecular complexity index is 684. The number of pyridine rings is 1. The van der Waals surface area contributed by atoms with Crippen molar-refractivity contribution in [3.63, 3.8) is 0 Å². The van der Waals surface area contributed by atoms with Gasteiger partial charge in [-0.2, -0.15) is 0 Å². The van der Waals surface area contributed by atoms with Gasteiger partial charge in [-0.1, -0.05) is 0 Å². The van der Waals surface area contributed by atoms with Gasteiger partial charge in [-0.25, -0.2) is 18.2 Å². The molecule has 2 aliphatic rings. The second-order valence-corrected chi connectivity index (χ2v) is 7.98. The Kier molecular flexibility index (Phi) is 3.61. The summed E-state index contributed by atoms with van der Waals surface area (Å²) >= 11 is 0. The predicted octanol–water partition coefficient (Wildman–Crippen LogP) is 1.26. The largest absolute Gasteiger partial charge is 0.478 e. The highest BCUT2D eigenvalue weighted by molar-refractivity contribution is 7.91. The maximum atomic E-state index is 11.7. The maximum Gasteiger partial charge on any atom is 0.339 e. The highest BCUT2D eigenvalue weighted by Crippen LogP contribution is 2.27. The first kappa shape index (κ1) is 14.3. The van der Waals surface area contributed by atoms with E-state index in [9.17, 15) is 18.3 Å². The Morgan fingerprint density at radius 1 is 1.33 bits per heavy atom. The molecule has 0 saturated carbocycles. The van der Waals surface area contributed by atoms with Gasteiger partial charge in [0.25, 0.3) is 0 Å². The van der Waals surface area contributed by atoms with Gasteiger partial charge in [-0.15, -0.1) is 0 Å². The van der Waals surface area contributed by atoms with Crippen LogP contribution in [-0.2, 0) is 22.7 Å². The molecule has 1 saturated heterocycles. The summed E-state index contributed by atoms with van der Waals surface area (Å²) in [5.74, 6) is -0.456. The lowest BCUT2D eigenvalue weighted by molar-refractivity contribution is 0.0697. The van der Waals surface area contributed by atoms with Crippen molar-refractivity contribution in [1.29, 1.82) is 0 Å². The topological polar surface area (TPSA) is 96.4 Å². The van der Waals surface area contributed by atoms with E-state index in [0.717, 1.165) is 36.9 Å². The van der Waals surface area contributed by atoms with Gasteiger partial charge in [-0.05, 0) is 43.7 Å². The number of rotatable bonds is 3. The Morgan fingerprint density at radius 3 is 2.86 bits per heavy atom. The Morgan fingerprint density at radius 2 is 2.14 bits per heavy atom. The van der Waals surface area contributed by atoms with E-state index in [4.69, 9.17) is 0 Å². The average molecular weight is 310 g/mol. The molecule has 0 bridgehead atoms. The molecule has 7 heteroatoms. The Balaban J connectivity index is 1.89. The van der Waals surface area contributed by atoms with Crippen LogP contribution < -0.4 is 5.32 Å². The number of carbonyl (C=O) groups is 1. The first-order valence-electron chi connectivity index (χ1n) is 7.18. The average Bonchev–Trinajstić information content (AvgIpc) is 2.83. The molecule has 21 heavy (non-hydrogen) atoms. The smallest absolute Gasteiger partial charge is 0.339 e. The number of sulfone groups is 1. The van der Waals surface area contributed by atoms with Crippen LogP contribution in [-0.4, -0.2) is 42.0 Å². The summed E-state index contributed by atoms with van der Waals surface area (Å²) in [6.45, 7) is 0. The molecule has 0 amide bonds. The molecule has 1 unspecified atom stereocenters. The van der Waals surface area contributed by atoms with Crippen LogP contribution in [0.3, 0.4) is 0 Å². The second kappa shape index (κ2) is 5.29. The molecule has 6 nitrogen and oxygen atoms in total. The fourth-order valence-electron chi connectivity index (χ4n) is 3.08. The van der Waals surface area contributed by atoms with Gasteiger partial charge in [0.15, 0.2) is 9.84 Å². The lowest BCUT2D eigenvalue weighted by Gasteiger charge is -2.24. The van der Waals surface area contributed by atoms with Crippen molar-refractivity contribution in [3.8, 4) is 0 Å².